The second-order valence-electron chi connectivity index (χ2n) is 17.9. The van der Waals surface area contributed by atoms with E-state index in [0.717, 1.165) is 101 Å². The van der Waals surface area contributed by atoms with Gasteiger partial charge in [-0.15, -0.1) is 11.3 Å². The largest absolute Gasteiger partial charge is 0.374 e. The highest BCUT2D eigenvalue weighted by atomic mass is 32.1. The van der Waals surface area contributed by atoms with E-state index in [-0.39, 0.29) is 29.5 Å². The maximum Gasteiger partial charge on any atom is 0.255 e. The van der Waals surface area contributed by atoms with Crippen molar-refractivity contribution in [2.24, 2.45) is 0 Å². The first-order valence-electron chi connectivity index (χ1n) is 22.8. The Kier molecular flexibility index (Phi) is 12.0. The normalized spacial score (nSPS) is 20.0. The van der Waals surface area contributed by atoms with Crippen LogP contribution in [0.3, 0.4) is 0 Å². The average Bonchev–Trinajstić information content (AvgIpc) is 4.15. The van der Waals surface area contributed by atoms with Crippen LogP contribution in [0.2, 0.25) is 0 Å². The Morgan fingerprint density at radius 3 is 2.35 bits per heavy atom. The smallest absolute Gasteiger partial charge is 0.255 e. The van der Waals surface area contributed by atoms with Crippen LogP contribution >= 0.6 is 11.3 Å². The molecule has 5 aliphatic heterocycles. The lowest BCUT2D eigenvalue weighted by Gasteiger charge is -2.36. The van der Waals surface area contributed by atoms with Crippen molar-refractivity contribution in [1.82, 2.24) is 34.6 Å². The number of rotatable bonds is 12. The predicted octanol–water partition coefficient (Wildman–Crippen LogP) is 6.58. The molecule has 65 heavy (non-hydrogen) atoms. The molecule has 16 heteroatoms. The second kappa shape index (κ2) is 18.3. The molecule has 0 saturated carbocycles. The molecule has 0 radical (unpaired) electrons. The number of aryl methyl sites for hydroxylation is 1. The number of hydrogen-bond donors (Lipinski definition) is 3. The van der Waals surface area contributed by atoms with Crippen molar-refractivity contribution in [3.8, 4) is 17.2 Å². The monoisotopic (exact) mass is 894 g/mol. The first kappa shape index (κ1) is 42.7. The SMILES string of the molecule is N#Cc1cc(NC2CCC(=O)NC2=O)ccc1C1CCN(CCN2CCC(c3ccc(-c4cc(F)c5c(c4)C(=O)N(C(C(=O)Nc4nccs4)c4ncn6c4CCC6)C5)cc3)CC2)CC1. The summed E-state index contributed by atoms with van der Waals surface area (Å²) in [4.78, 5) is 67.1. The predicted molar refractivity (Wildman–Crippen MR) is 244 cm³/mol. The van der Waals surface area contributed by atoms with Crippen LogP contribution in [-0.4, -0.2) is 98.2 Å². The van der Waals surface area contributed by atoms with E-state index in [4.69, 9.17) is 0 Å². The van der Waals surface area contributed by atoms with Gasteiger partial charge in [-0.1, -0.05) is 30.3 Å². The van der Waals surface area contributed by atoms with Gasteiger partial charge in [-0.25, -0.2) is 14.4 Å². The van der Waals surface area contributed by atoms with Crippen LogP contribution in [0.5, 0.6) is 0 Å². The highest BCUT2D eigenvalue weighted by molar-refractivity contribution is 7.13. The zero-order chi connectivity index (χ0) is 44.6. The average molecular weight is 895 g/mol. The molecule has 2 aromatic heterocycles. The van der Waals surface area contributed by atoms with Crippen LogP contribution in [0, 0.1) is 17.1 Å². The molecule has 3 fully saturated rings. The number of carbonyl (C=O) groups excluding carboxylic acids is 4. The number of nitrogens with zero attached hydrogens (tertiary/aromatic N) is 7. The zero-order valence-electron chi connectivity index (χ0n) is 36.1. The van der Waals surface area contributed by atoms with E-state index in [2.05, 4.69) is 53.9 Å². The topological polar surface area (TPSA) is 169 Å². The number of imide groups is 1. The molecule has 0 aliphatic carbocycles. The van der Waals surface area contributed by atoms with Crippen molar-refractivity contribution in [2.45, 2.75) is 88.4 Å². The fraction of sp³-hybridized carbons (Fsp3) is 0.408. The number of likely N-dealkylation sites (tertiary alicyclic amines) is 2. The standard InChI is InChI=1S/C49H51FN10O4S/c50-40-26-34(25-38-39(40)28-60(48(38)64)45(47(63)56-49-52-15-23-65-49)44-42-2-1-16-59(42)29-53-44)31-5-3-30(4-6-31)32-11-17-57(18-12-32)21-22-58-19-13-33(14-20-58)37-8-7-36(24-35(37)27-51)54-41-9-10-43(61)55-46(41)62/h3-8,15,23-26,29,32-33,41,45,54H,1-2,9-14,16-22,28H2,(H,52,56,63)(H,55,61,62). The van der Waals surface area contributed by atoms with Crippen LogP contribution in [0.4, 0.5) is 15.2 Å². The molecule has 334 valence electrons. The van der Waals surface area contributed by atoms with Crippen LogP contribution < -0.4 is 16.0 Å². The van der Waals surface area contributed by atoms with Crippen LogP contribution in [0.25, 0.3) is 11.1 Å². The van der Waals surface area contributed by atoms with E-state index in [1.807, 2.05) is 34.9 Å². The molecule has 0 spiro atoms. The van der Waals surface area contributed by atoms with Crippen molar-refractivity contribution in [2.75, 3.05) is 49.9 Å². The van der Waals surface area contributed by atoms with Gasteiger partial charge in [0.2, 0.25) is 11.8 Å². The van der Waals surface area contributed by atoms with E-state index in [0.29, 0.717) is 52.3 Å². The van der Waals surface area contributed by atoms with Crippen molar-refractivity contribution >= 4 is 45.8 Å². The molecule has 3 aromatic carbocycles. The zero-order valence-corrected chi connectivity index (χ0v) is 36.9. The Morgan fingerprint density at radius 2 is 1.65 bits per heavy atom. The molecular formula is C49H51FN10O4S. The minimum atomic E-state index is -1.03. The maximum absolute atomic E-state index is 16.0. The molecule has 2 atom stereocenters. The number of imidazole rings is 1. The van der Waals surface area contributed by atoms with Gasteiger partial charge in [0.05, 0.1) is 30.2 Å². The minimum absolute atomic E-state index is 0.0336. The molecule has 2 unspecified atom stereocenters. The quantitative estimate of drug-likeness (QED) is 0.117. The lowest BCUT2D eigenvalue weighted by Crippen LogP contribution is -2.47. The number of aromatic nitrogens is 3. The summed E-state index contributed by atoms with van der Waals surface area (Å²) < 4.78 is 18.0. The van der Waals surface area contributed by atoms with E-state index >= 15 is 4.39 Å². The van der Waals surface area contributed by atoms with E-state index in [9.17, 15) is 24.4 Å². The molecule has 5 aliphatic rings. The van der Waals surface area contributed by atoms with Crippen molar-refractivity contribution in [3.05, 3.63) is 118 Å². The third kappa shape index (κ3) is 8.80. The van der Waals surface area contributed by atoms with Gasteiger partial charge in [0.1, 0.15) is 11.9 Å². The second-order valence-corrected chi connectivity index (χ2v) is 18.8. The molecule has 3 saturated heterocycles. The van der Waals surface area contributed by atoms with Gasteiger partial charge in [0.15, 0.2) is 11.2 Å². The Morgan fingerprint density at radius 1 is 0.892 bits per heavy atom. The van der Waals surface area contributed by atoms with Gasteiger partial charge >= 0.3 is 0 Å². The van der Waals surface area contributed by atoms with Gasteiger partial charge in [-0.05, 0) is 129 Å². The number of anilines is 2. The number of carbonyl (C=O) groups is 4. The molecule has 14 nitrogen and oxygen atoms in total. The summed E-state index contributed by atoms with van der Waals surface area (Å²) in [7, 11) is 0. The molecule has 5 aromatic rings. The van der Waals surface area contributed by atoms with Crippen molar-refractivity contribution in [1.29, 1.82) is 5.26 Å². The Hall–Kier alpha value is -6.28. The van der Waals surface area contributed by atoms with Crippen LogP contribution in [0.15, 0.2) is 72.5 Å². The summed E-state index contributed by atoms with van der Waals surface area (Å²) in [5.74, 6) is -1.13. The third-order valence-corrected chi connectivity index (χ3v) is 14.8. The first-order chi connectivity index (χ1) is 31.7. The highest BCUT2D eigenvalue weighted by Gasteiger charge is 2.42. The number of thiazole rings is 1. The van der Waals surface area contributed by atoms with E-state index < -0.39 is 29.7 Å². The van der Waals surface area contributed by atoms with Crippen LogP contribution in [-0.2, 0) is 33.9 Å². The summed E-state index contributed by atoms with van der Waals surface area (Å²) in [5, 5.41) is 20.6. The molecular weight excluding hydrogens is 844 g/mol. The Balaban J connectivity index is 0.717. The molecule has 0 bridgehead atoms. The number of piperidine rings is 3. The van der Waals surface area contributed by atoms with Gasteiger partial charge in [-0.3, -0.25) is 29.8 Å². The third-order valence-electron chi connectivity index (χ3n) is 14.1. The maximum atomic E-state index is 16.0. The van der Waals surface area contributed by atoms with E-state index in [1.165, 1.54) is 27.9 Å². The number of nitriles is 1. The number of halogens is 1. The summed E-state index contributed by atoms with van der Waals surface area (Å²) in [6.07, 6.45) is 9.83. The number of nitrogens with one attached hydrogen (secondary N) is 3. The Bertz CT molecular complexity index is 2660. The summed E-state index contributed by atoms with van der Waals surface area (Å²) in [5.41, 5.74) is 7.13. The number of benzene rings is 3. The van der Waals surface area contributed by atoms with E-state index in [1.54, 1.807) is 24.0 Å². The van der Waals surface area contributed by atoms with Crippen LogP contribution in [0.1, 0.15) is 107 Å². The fourth-order valence-corrected chi connectivity index (χ4v) is 11.0. The van der Waals surface area contributed by atoms with Gasteiger partial charge in [0.25, 0.3) is 11.8 Å². The number of amides is 4. The van der Waals surface area contributed by atoms with Gasteiger partial charge in [0, 0.05) is 60.1 Å². The van der Waals surface area contributed by atoms with Crippen molar-refractivity contribution < 1.29 is 23.6 Å². The number of hydrogen-bond acceptors (Lipinski definition) is 11. The number of fused-ring (bicyclic) bond motifs is 2. The van der Waals surface area contributed by atoms with Crippen molar-refractivity contribution in [3.63, 3.8) is 0 Å². The van der Waals surface area contributed by atoms with Gasteiger partial charge < -0.3 is 24.6 Å². The molecule has 4 amide bonds. The molecule has 3 N–H and O–H groups in total. The Labute approximate surface area is 380 Å². The summed E-state index contributed by atoms with van der Waals surface area (Å²) in [6.45, 7) is 6.80. The lowest BCUT2D eigenvalue weighted by atomic mass is 9.86. The summed E-state index contributed by atoms with van der Waals surface area (Å²) >= 11 is 1.29. The lowest BCUT2D eigenvalue weighted by molar-refractivity contribution is -0.133. The highest BCUT2D eigenvalue weighted by Crippen LogP contribution is 2.39. The molecule has 7 heterocycles. The molecule has 10 rings (SSSR count). The summed E-state index contributed by atoms with van der Waals surface area (Å²) in [6, 6.07) is 18.2. The minimum Gasteiger partial charge on any atom is -0.374 e. The fourth-order valence-electron chi connectivity index (χ4n) is 10.5. The first-order valence-corrected chi connectivity index (χ1v) is 23.6. The van der Waals surface area contributed by atoms with Gasteiger partial charge in [-0.2, -0.15) is 5.26 Å².